The summed E-state index contributed by atoms with van der Waals surface area (Å²) >= 11 is 0. The highest BCUT2D eigenvalue weighted by Gasteiger charge is 2.13. The molecule has 170 valence electrons. The summed E-state index contributed by atoms with van der Waals surface area (Å²) in [7, 11) is 0. The Hall–Kier alpha value is -3.48. The highest BCUT2D eigenvalue weighted by Crippen LogP contribution is 2.19. The summed E-state index contributed by atoms with van der Waals surface area (Å²) in [5.41, 5.74) is 4.94. The Kier molecular flexibility index (Phi) is 7.85. The van der Waals surface area contributed by atoms with E-state index in [1.54, 1.807) is 12.1 Å². The highest BCUT2D eigenvalue weighted by atomic mass is 16.5. The Morgan fingerprint density at radius 1 is 0.758 bits per heavy atom. The Bertz CT molecular complexity index is 1060. The van der Waals surface area contributed by atoms with Crippen molar-refractivity contribution < 1.29 is 14.3 Å². The van der Waals surface area contributed by atoms with Gasteiger partial charge in [-0.2, -0.15) is 0 Å². The first-order valence-corrected chi connectivity index (χ1v) is 11.3. The number of hydrogen-bond acceptors (Lipinski definition) is 4. The van der Waals surface area contributed by atoms with Crippen molar-refractivity contribution in [2.45, 2.75) is 13.1 Å². The average molecular weight is 444 g/mol. The fraction of sp³-hybridized carbons (Fsp3) is 0.259. The molecule has 2 amide bonds. The first-order chi connectivity index (χ1) is 16.2. The van der Waals surface area contributed by atoms with Crippen molar-refractivity contribution in [3.63, 3.8) is 0 Å². The van der Waals surface area contributed by atoms with Crippen LogP contribution < -0.4 is 10.6 Å². The van der Waals surface area contributed by atoms with E-state index in [0.717, 1.165) is 49.5 Å². The van der Waals surface area contributed by atoms with Crippen molar-refractivity contribution in [1.29, 1.82) is 0 Å². The molecule has 1 heterocycles. The van der Waals surface area contributed by atoms with Crippen LogP contribution in [-0.4, -0.2) is 49.6 Å². The van der Waals surface area contributed by atoms with Crippen LogP contribution in [0.4, 0.5) is 0 Å². The molecule has 33 heavy (non-hydrogen) atoms. The zero-order valence-corrected chi connectivity index (χ0v) is 18.6. The molecule has 1 fully saturated rings. The van der Waals surface area contributed by atoms with Gasteiger partial charge in [0.2, 0.25) is 5.91 Å². The quantitative estimate of drug-likeness (QED) is 0.561. The van der Waals surface area contributed by atoms with Gasteiger partial charge in [0.15, 0.2) is 0 Å². The average Bonchev–Trinajstić information content (AvgIpc) is 2.88. The zero-order valence-electron chi connectivity index (χ0n) is 18.6. The largest absolute Gasteiger partial charge is 0.379 e. The molecular formula is C27H29N3O3. The predicted octanol–water partition coefficient (Wildman–Crippen LogP) is 3.23. The Labute approximate surface area is 194 Å². The maximum atomic E-state index is 12.4. The van der Waals surface area contributed by atoms with Crippen LogP contribution in [0.1, 0.15) is 21.5 Å². The number of carbonyl (C=O) groups is 2. The fourth-order valence-corrected chi connectivity index (χ4v) is 3.85. The minimum absolute atomic E-state index is 0.0646. The molecule has 2 N–H and O–H groups in total. The van der Waals surface area contributed by atoms with Crippen molar-refractivity contribution >= 4 is 11.8 Å². The number of carbonyl (C=O) groups excluding carboxylic acids is 2. The van der Waals surface area contributed by atoms with E-state index in [2.05, 4.69) is 21.6 Å². The molecule has 0 aliphatic carbocycles. The van der Waals surface area contributed by atoms with E-state index in [0.29, 0.717) is 12.1 Å². The molecule has 1 saturated heterocycles. The van der Waals surface area contributed by atoms with Gasteiger partial charge in [-0.3, -0.25) is 14.5 Å². The fourth-order valence-electron chi connectivity index (χ4n) is 3.85. The standard InChI is InChI=1S/C27H29N3O3/c31-26(28-18-24-8-4-5-9-25(24)20-30-14-16-33-17-15-30)19-29-27(32)23-12-10-22(11-13-23)21-6-2-1-3-7-21/h1-13H,14-20H2,(H,28,31)(H,29,32). The van der Waals surface area contributed by atoms with Crippen molar-refractivity contribution in [3.05, 3.63) is 95.6 Å². The lowest BCUT2D eigenvalue weighted by molar-refractivity contribution is -0.120. The van der Waals surface area contributed by atoms with Crippen LogP contribution in [0.2, 0.25) is 0 Å². The molecule has 6 nitrogen and oxygen atoms in total. The van der Waals surface area contributed by atoms with Crippen LogP contribution in [0.5, 0.6) is 0 Å². The molecule has 0 spiro atoms. The summed E-state index contributed by atoms with van der Waals surface area (Å²) in [6, 6.07) is 25.5. The van der Waals surface area contributed by atoms with Gasteiger partial charge >= 0.3 is 0 Å². The summed E-state index contributed by atoms with van der Waals surface area (Å²) in [6.45, 7) is 4.55. The lowest BCUT2D eigenvalue weighted by Crippen LogP contribution is -2.37. The van der Waals surface area contributed by atoms with Gasteiger partial charge in [-0.1, -0.05) is 66.7 Å². The third-order valence-corrected chi connectivity index (χ3v) is 5.76. The number of nitrogens with zero attached hydrogens (tertiary/aromatic N) is 1. The molecule has 0 unspecified atom stereocenters. The minimum Gasteiger partial charge on any atom is -0.379 e. The van der Waals surface area contributed by atoms with Crippen molar-refractivity contribution in [3.8, 4) is 11.1 Å². The van der Waals surface area contributed by atoms with Gasteiger partial charge in [0.25, 0.3) is 5.91 Å². The summed E-state index contributed by atoms with van der Waals surface area (Å²) in [5, 5.41) is 5.62. The number of benzene rings is 3. The lowest BCUT2D eigenvalue weighted by Gasteiger charge is -2.27. The van der Waals surface area contributed by atoms with Gasteiger partial charge in [-0.05, 0) is 34.4 Å². The van der Waals surface area contributed by atoms with Gasteiger partial charge in [0.1, 0.15) is 0 Å². The molecule has 3 aromatic carbocycles. The number of nitrogens with one attached hydrogen (secondary N) is 2. The van der Waals surface area contributed by atoms with E-state index in [1.165, 1.54) is 5.56 Å². The van der Waals surface area contributed by atoms with E-state index < -0.39 is 0 Å². The highest BCUT2D eigenvalue weighted by molar-refractivity contribution is 5.96. The lowest BCUT2D eigenvalue weighted by atomic mass is 10.0. The van der Waals surface area contributed by atoms with Crippen molar-refractivity contribution in [1.82, 2.24) is 15.5 Å². The smallest absolute Gasteiger partial charge is 0.251 e. The van der Waals surface area contributed by atoms with Crippen molar-refractivity contribution in [2.24, 2.45) is 0 Å². The summed E-state index contributed by atoms with van der Waals surface area (Å²) < 4.78 is 5.42. The first kappa shape index (κ1) is 22.7. The molecule has 0 bridgehead atoms. The van der Waals surface area contributed by atoms with E-state index in [-0.39, 0.29) is 18.4 Å². The van der Waals surface area contributed by atoms with E-state index in [9.17, 15) is 9.59 Å². The first-order valence-electron chi connectivity index (χ1n) is 11.3. The number of morpholine rings is 1. The molecule has 6 heteroatoms. The molecule has 1 aliphatic rings. The summed E-state index contributed by atoms with van der Waals surface area (Å²) in [6.07, 6.45) is 0. The van der Waals surface area contributed by atoms with Crippen LogP contribution >= 0.6 is 0 Å². The normalized spacial score (nSPS) is 13.9. The summed E-state index contributed by atoms with van der Waals surface area (Å²) in [5.74, 6) is -0.483. The minimum atomic E-state index is -0.266. The number of rotatable bonds is 8. The van der Waals surface area contributed by atoms with E-state index >= 15 is 0 Å². The second-order valence-electron chi connectivity index (χ2n) is 8.06. The van der Waals surface area contributed by atoms with Crippen LogP contribution in [0, 0.1) is 0 Å². The third-order valence-electron chi connectivity index (χ3n) is 5.76. The second-order valence-corrected chi connectivity index (χ2v) is 8.06. The van der Waals surface area contributed by atoms with E-state index in [4.69, 9.17) is 4.74 Å². The second kappa shape index (κ2) is 11.4. The predicted molar refractivity (Wildman–Crippen MR) is 129 cm³/mol. The number of ether oxygens (including phenoxy) is 1. The Balaban J connectivity index is 1.25. The van der Waals surface area contributed by atoms with Crippen molar-refractivity contribution in [2.75, 3.05) is 32.8 Å². The van der Waals surface area contributed by atoms with Gasteiger partial charge in [-0.25, -0.2) is 0 Å². The number of hydrogen-bond donors (Lipinski definition) is 2. The van der Waals surface area contributed by atoms with Gasteiger partial charge in [-0.15, -0.1) is 0 Å². The molecule has 0 radical (unpaired) electrons. The van der Waals surface area contributed by atoms with Crippen LogP contribution in [0.25, 0.3) is 11.1 Å². The molecule has 4 rings (SSSR count). The maximum Gasteiger partial charge on any atom is 0.251 e. The topological polar surface area (TPSA) is 70.7 Å². The molecule has 0 atom stereocenters. The van der Waals surface area contributed by atoms with Crippen LogP contribution in [0.3, 0.4) is 0 Å². The van der Waals surface area contributed by atoms with Gasteiger partial charge in [0, 0.05) is 31.7 Å². The maximum absolute atomic E-state index is 12.4. The monoisotopic (exact) mass is 443 g/mol. The van der Waals surface area contributed by atoms with Crippen LogP contribution in [-0.2, 0) is 22.6 Å². The summed E-state index contributed by atoms with van der Waals surface area (Å²) in [4.78, 5) is 27.1. The van der Waals surface area contributed by atoms with Gasteiger partial charge < -0.3 is 15.4 Å². The molecule has 0 saturated carbocycles. The number of amides is 2. The van der Waals surface area contributed by atoms with Crippen LogP contribution in [0.15, 0.2) is 78.9 Å². The Morgan fingerprint density at radius 3 is 2.12 bits per heavy atom. The molecule has 1 aliphatic heterocycles. The Morgan fingerprint density at radius 2 is 1.39 bits per heavy atom. The van der Waals surface area contributed by atoms with E-state index in [1.807, 2.05) is 60.7 Å². The molecule has 0 aromatic heterocycles. The third kappa shape index (κ3) is 6.51. The molecular weight excluding hydrogens is 414 g/mol. The zero-order chi connectivity index (χ0) is 22.9. The molecule has 3 aromatic rings. The SMILES string of the molecule is O=C(CNC(=O)c1ccc(-c2ccccc2)cc1)NCc1ccccc1CN1CCOCC1. The van der Waals surface area contributed by atoms with Gasteiger partial charge in [0.05, 0.1) is 19.8 Å².